The third-order valence-electron chi connectivity index (χ3n) is 2.93. The number of rotatable bonds is 8. The summed E-state index contributed by atoms with van der Waals surface area (Å²) >= 11 is 0. The third-order valence-corrected chi connectivity index (χ3v) is 2.93. The van der Waals surface area contributed by atoms with Crippen molar-refractivity contribution in [1.82, 2.24) is 0 Å². The lowest BCUT2D eigenvalue weighted by molar-refractivity contribution is 0.284. The Kier molecular flexibility index (Phi) is 6.91. The van der Waals surface area contributed by atoms with Gasteiger partial charge in [0.05, 0.1) is 0 Å². The van der Waals surface area contributed by atoms with E-state index in [9.17, 15) is 0 Å². The Labute approximate surface area is 99.5 Å². The summed E-state index contributed by atoms with van der Waals surface area (Å²) in [6.45, 7) is 2.56. The average molecular weight is 220 g/mol. The van der Waals surface area contributed by atoms with Gasteiger partial charge in [-0.2, -0.15) is 0 Å². The van der Waals surface area contributed by atoms with Crippen molar-refractivity contribution in [3.63, 3.8) is 0 Å². The van der Waals surface area contributed by atoms with Gasteiger partial charge in [0.25, 0.3) is 0 Å². The van der Waals surface area contributed by atoms with Gasteiger partial charge >= 0.3 is 0 Å². The predicted molar refractivity (Wildman–Crippen MR) is 69.7 cm³/mol. The number of aliphatic hydroxyl groups excluding tert-OH is 1. The molecule has 1 heteroatoms. The first-order valence-corrected chi connectivity index (χ1v) is 6.55. The van der Waals surface area contributed by atoms with E-state index in [-0.39, 0.29) is 0 Å². The van der Waals surface area contributed by atoms with Crippen LogP contribution in [0.3, 0.4) is 0 Å². The fourth-order valence-electron chi connectivity index (χ4n) is 1.96. The van der Waals surface area contributed by atoms with Crippen molar-refractivity contribution in [2.45, 2.75) is 51.9 Å². The number of benzene rings is 1. The summed E-state index contributed by atoms with van der Waals surface area (Å²) in [5, 5.41) is 8.74. The quantitative estimate of drug-likeness (QED) is 0.662. The lowest BCUT2D eigenvalue weighted by atomic mass is 10.0. The summed E-state index contributed by atoms with van der Waals surface area (Å²) in [5.41, 5.74) is 2.89. The minimum absolute atomic E-state index is 0.316. The van der Waals surface area contributed by atoms with Crippen molar-refractivity contribution in [2.75, 3.05) is 6.61 Å². The molecule has 0 aromatic heterocycles. The van der Waals surface area contributed by atoms with E-state index in [0.29, 0.717) is 6.61 Å². The normalized spacial score (nSPS) is 10.6. The number of hydrogen-bond acceptors (Lipinski definition) is 1. The highest BCUT2D eigenvalue weighted by atomic mass is 16.2. The van der Waals surface area contributed by atoms with E-state index in [0.717, 1.165) is 19.3 Å². The highest BCUT2D eigenvalue weighted by molar-refractivity contribution is 5.23. The molecule has 1 rings (SSSR count). The fourth-order valence-corrected chi connectivity index (χ4v) is 1.96. The van der Waals surface area contributed by atoms with Gasteiger partial charge in [-0.1, -0.05) is 44.0 Å². The molecule has 0 saturated heterocycles. The van der Waals surface area contributed by atoms with Crippen LogP contribution in [-0.2, 0) is 12.8 Å². The van der Waals surface area contributed by atoms with E-state index in [4.69, 9.17) is 5.11 Å². The van der Waals surface area contributed by atoms with E-state index >= 15 is 0 Å². The Morgan fingerprint density at radius 3 is 2.12 bits per heavy atom. The van der Waals surface area contributed by atoms with Gasteiger partial charge in [0.15, 0.2) is 0 Å². The largest absolute Gasteiger partial charge is 0.396 e. The lowest BCUT2D eigenvalue weighted by Gasteiger charge is -2.05. The SMILES string of the molecule is CCCCCc1cccc(CCCCO)c1. The Bertz CT molecular complexity index is 255. The van der Waals surface area contributed by atoms with Crippen LogP contribution in [-0.4, -0.2) is 11.7 Å². The minimum atomic E-state index is 0.316. The third kappa shape index (κ3) is 5.32. The predicted octanol–water partition coefficient (Wildman–Crippen LogP) is 3.73. The Balaban J connectivity index is 2.37. The Morgan fingerprint density at radius 2 is 1.56 bits per heavy atom. The summed E-state index contributed by atoms with van der Waals surface area (Å²) in [6.07, 6.45) is 8.24. The van der Waals surface area contributed by atoms with Crippen molar-refractivity contribution in [2.24, 2.45) is 0 Å². The zero-order valence-corrected chi connectivity index (χ0v) is 10.4. The fraction of sp³-hybridized carbons (Fsp3) is 0.600. The molecule has 16 heavy (non-hydrogen) atoms. The molecule has 0 saturated carbocycles. The molecule has 0 amide bonds. The van der Waals surface area contributed by atoms with Crippen LogP contribution < -0.4 is 0 Å². The van der Waals surface area contributed by atoms with Gasteiger partial charge in [-0.15, -0.1) is 0 Å². The van der Waals surface area contributed by atoms with Crippen molar-refractivity contribution >= 4 is 0 Å². The van der Waals surface area contributed by atoms with Crippen LogP contribution in [0.1, 0.15) is 50.2 Å². The van der Waals surface area contributed by atoms with Gasteiger partial charge < -0.3 is 5.11 Å². The topological polar surface area (TPSA) is 20.2 Å². The summed E-state index contributed by atoms with van der Waals surface area (Å²) in [4.78, 5) is 0. The second-order valence-electron chi connectivity index (χ2n) is 4.46. The number of aliphatic hydroxyl groups is 1. The van der Waals surface area contributed by atoms with Crippen molar-refractivity contribution < 1.29 is 5.11 Å². The van der Waals surface area contributed by atoms with Crippen LogP contribution in [0.25, 0.3) is 0 Å². The average Bonchev–Trinajstić information content (AvgIpc) is 2.30. The molecule has 0 bridgehead atoms. The molecule has 0 atom stereocenters. The molecule has 0 heterocycles. The van der Waals surface area contributed by atoms with Crippen molar-refractivity contribution in [3.05, 3.63) is 35.4 Å². The van der Waals surface area contributed by atoms with Gasteiger partial charge in [0.1, 0.15) is 0 Å². The van der Waals surface area contributed by atoms with E-state index < -0.39 is 0 Å². The van der Waals surface area contributed by atoms with E-state index in [1.165, 1.54) is 36.8 Å². The molecule has 0 unspecified atom stereocenters. The van der Waals surface area contributed by atoms with Gasteiger partial charge in [-0.3, -0.25) is 0 Å². The van der Waals surface area contributed by atoms with Crippen molar-refractivity contribution in [3.8, 4) is 0 Å². The Morgan fingerprint density at radius 1 is 0.938 bits per heavy atom. The summed E-state index contributed by atoms with van der Waals surface area (Å²) in [5.74, 6) is 0. The molecular formula is C15H24O. The van der Waals surface area contributed by atoms with Crippen molar-refractivity contribution in [1.29, 1.82) is 0 Å². The number of aryl methyl sites for hydroxylation is 2. The first-order valence-electron chi connectivity index (χ1n) is 6.55. The highest BCUT2D eigenvalue weighted by Gasteiger charge is 1.96. The monoisotopic (exact) mass is 220 g/mol. The van der Waals surface area contributed by atoms with Gasteiger partial charge in [-0.25, -0.2) is 0 Å². The second-order valence-corrected chi connectivity index (χ2v) is 4.46. The molecule has 0 radical (unpaired) electrons. The van der Waals surface area contributed by atoms with Gasteiger partial charge in [0.2, 0.25) is 0 Å². The van der Waals surface area contributed by atoms with E-state index in [1.807, 2.05) is 0 Å². The van der Waals surface area contributed by atoms with Gasteiger partial charge in [0, 0.05) is 6.61 Å². The van der Waals surface area contributed by atoms with Crippen LogP contribution in [0.4, 0.5) is 0 Å². The number of unbranched alkanes of at least 4 members (excludes halogenated alkanes) is 3. The van der Waals surface area contributed by atoms with E-state index in [2.05, 4.69) is 31.2 Å². The summed E-state index contributed by atoms with van der Waals surface area (Å²) in [6, 6.07) is 8.91. The maximum atomic E-state index is 8.74. The summed E-state index contributed by atoms with van der Waals surface area (Å²) in [7, 11) is 0. The highest BCUT2D eigenvalue weighted by Crippen LogP contribution is 2.11. The minimum Gasteiger partial charge on any atom is -0.396 e. The molecule has 1 aromatic carbocycles. The molecule has 0 fully saturated rings. The molecule has 0 aliphatic heterocycles. The van der Waals surface area contributed by atoms with Crippen LogP contribution in [0.5, 0.6) is 0 Å². The van der Waals surface area contributed by atoms with Crippen LogP contribution >= 0.6 is 0 Å². The molecule has 0 aliphatic rings. The summed E-state index contributed by atoms with van der Waals surface area (Å²) < 4.78 is 0. The first-order chi connectivity index (χ1) is 7.86. The molecule has 90 valence electrons. The standard InChI is InChI=1S/C15H24O/c1-2-3-4-8-14-10-7-11-15(13-14)9-5-6-12-16/h7,10-11,13,16H,2-6,8-9,12H2,1H3. The molecule has 1 N–H and O–H groups in total. The maximum absolute atomic E-state index is 8.74. The number of hydrogen-bond donors (Lipinski definition) is 1. The van der Waals surface area contributed by atoms with Crippen LogP contribution in [0, 0.1) is 0 Å². The lowest BCUT2D eigenvalue weighted by Crippen LogP contribution is -1.91. The maximum Gasteiger partial charge on any atom is 0.0431 e. The molecule has 0 aliphatic carbocycles. The van der Waals surface area contributed by atoms with Gasteiger partial charge in [-0.05, 0) is 43.2 Å². The van der Waals surface area contributed by atoms with E-state index in [1.54, 1.807) is 0 Å². The van der Waals surface area contributed by atoms with Crippen LogP contribution in [0.2, 0.25) is 0 Å². The molecule has 1 nitrogen and oxygen atoms in total. The molecule has 0 spiro atoms. The second kappa shape index (κ2) is 8.35. The zero-order valence-electron chi connectivity index (χ0n) is 10.4. The zero-order chi connectivity index (χ0) is 11.6. The smallest absolute Gasteiger partial charge is 0.0431 e. The molecular weight excluding hydrogens is 196 g/mol. The Hall–Kier alpha value is -0.820. The molecule has 1 aromatic rings. The first kappa shape index (κ1) is 13.2. The van der Waals surface area contributed by atoms with Crippen LogP contribution in [0.15, 0.2) is 24.3 Å².